The minimum Gasteiger partial charge on any atom is -0.497 e. The number of halogens is 1. The average Bonchev–Trinajstić information content (AvgIpc) is 2.74. The van der Waals surface area contributed by atoms with Gasteiger partial charge in [-0.1, -0.05) is 23.7 Å². The first-order valence-electron chi connectivity index (χ1n) is 8.71. The van der Waals surface area contributed by atoms with Crippen molar-refractivity contribution in [2.24, 2.45) is 0 Å². The number of hydrogen-bond acceptors (Lipinski definition) is 5. The van der Waals surface area contributed by atoms with E-state index in [0.717, 1.165) is 0 Å². The van der Waals surface area contributed by atoms with Crippen molar-refractivity contribution in [3.05, 3.63) is 94.5 Å². The van der Waals surface area contributed by atoms with Gasteiger partial charge in [0.15, 0.2) is 0 Å². The first-order chi connectivity index (χ1) is 13.9. The van der Waals surface area contributed by atoms with E-state index in [4.69, 9.17) is 16.3 Å². The molecule has 0 bridgehead atoms. The highest BCUT2D eigenvalue weighted by molar-refractivity contribution is 7.96. The van der Waals surface area contributed by atoms with Gasteiger partial charge in [0.25, 0.3) is 0 Å². The number of ketones is 1. The van der Waals surface area contributed by atoms with Gasteiger partial charge in [0, 0.05) is 22.5 Å². The van der Waals surface area contributed by atoms with Crippen molar-refractivity contribution in [1.29, 1.82) is 0 Å². The summed E-state index contributed by atoms with van der Waals surface area (Å²) in [6, 6.07) is 19.9. The van der Waals surface area contributed by atoms with E-state index in [-0.39, 0.29) is 15.4 Å². The molecule has 0 N–H and O–H groups in total. The van der Waals surface area contributed by atoms with E-state index in [9.17, 15) is 13.2 Å². The van der Waals surface area contributed by atoms with Crippen LogP contribution in [0.4, 0.5) is 11.4 Å². The van der Waals surface area contributed by atoms with E-state index in [1.165, 1.54) is 24.4 Å². The average molecular weight is 426 g/mol. The van der Waals surface area contributed by atoms with Gasteiger partial charge in [-0.25, -0.2) is 8.42 Å². The summed E-state index contributed by atoms with van der Waals surface area (Å²) in [5.41, 5.74) is 1.43. The van der Waals surface area contributed by atoms with Gasteiger partial charge < -0.3 is 9.64 Å². The smallest absolute Gasteiger partial charge is 0.214 e. The van der Waals surface area contributed by atoms with E-state index < -0.39 is 15.6 Å². The SMILES string of the molecule is COc1ccc(N2C=C(C(=O)c3ccc(Cl)cc3)S(=O)(=O)c3ccccc32)cc1. The molecule has 3 aromatic carbocycles. The largest absolute Gasteiger partial charge is 0.497 e. The molecule has 0 fully saturated rings. The Morgan fingerprint density at radius 1 is 0.931 bits per heavy atom. The van der Waals surface area contributed by atoms with Crippen LogP contribution in [0.2, 0.25) is 5.02 Å². The number of rotatable bonds is 4. The lowest BCUT2D eigenvalue weighted by Crippen LogP contribution is -2.25. The fraction of sp³-hybridized carbons (Fsp3) is 0.0455. The van der Waals surface area contributed by atoms with Crippen molar-refractivity contribution in [3.8, 4) is 5.75 Å². The summed E-state index contributed by atoms with van der Waals surface area (Å²) < 4.78 is 31.6. The molecule has 5 nitrogen and oxygen atoms in total. The maximum absolute atomic E-state index is 13.2. The molecule has 0 saturated carbocycles. The highest BCUT2D eigenvalue weighted by Gasteiger charge is 2.35. The number of para-hydroxylation sites is 1. The number of methoxy groups -OCH3 is 1. The Morgan fingerprint density at radius 2 is 1.59 bits per heavy atom. The quantitative estimate of drug-likeness (QED) is 0.550. The number of allylic oxidation sites excluding steroid dienone is 1. The van der Waals surface area contributed by atoms with Crippen LogP contribution in [-0.4, -0.2) is 21.3 Å². The van der Waals surface area contributed by atoms with Crippen LogP contribution in [-0.2, 0) is 9.84 Å². The third-order valence-corrected chi connectivity index (χ3v) is 6.68. The minimum absolute atomic E-state index is 0.0793. The Bertz CT molecular complexity index is 1220. The number of nitrogens with zero attached hydrogens (tertiary/aromatic N) is 1. The van der Waals surface area contributed by atoms with Gasteiger partial charge in [0.2, 0.25) is 15.6 Å². The van der Waals surface area contributed by atoms with Crippen LogP contribution in [0.15, 0.2) is 88.8 Å². The number of hydrogen-bond donors (Lipinski definition) is 0. The summed E-state index contributed by atoms with van der Waals surface area (Å²) in [6.07, 6.45) is 1.37. The molecule has 0 amide bonds. The van der Waals surface area contributed by atoms with Crippen molar-refractivity contribution in [2.45, 2.75) is 4.90 Å². The highest BCUT2D eigenvalue weighted by Crippen LogP contribution is 2.40. The van der Waals surface area contributed by atoms with Gasteiger partial charge in [0.05, 0.1) is 17.7 Å². The van der Waals surface area contributed by atoms with E-state index in [0.29, 0.717) is 22.1 Å². The van der Waals surface area contributed by atoms with E-state index in [1.807, 2.05) is 0 Å². The Labute approximate surface area is 173 Å². The van der Waals surface area contributed by atoms with Crippen LogP contribution in [0.25, 0.3) is 0 Å². The van der Waals surface area contributed by atoms with Crippen LogP contribution in [0.5, 0.6) is 5.75 Å². The van der Waals surface area contributed by atoms with Crippen LogP contribution >= 0.6 is 11.6 Å². The molecule has 29 heavy (non-hydrogen) atoms. The van der Waals surface area contributed by atoms with Gasteiger partial charge >= 0.3 is 0 Å². The van der Waals surface area contributed by atoms with Crippen molar-refractivity contribution in [1.82, 2.24) is 0 Å². The van der Waals surface area contributed by atoms with Gasteiger partial charge in [-0.15, -0.1) is 0 Å². The van der Waals surface area contributed by atoms with Gasteiger partial charge in [-0.05, 0) is 60.7 Å². The molecule has 0 saturated heterocycles. The molecule has 1 aliphatic heterocycles. The summed E-state index contributed by atoms with van der Waals surface area (Å²) in [7, 11) is -2.41. The lowest BCUT2D eigenvalue weighted by atomic mass is 10.1. The number of Topliss-reactive ketones (excluding diaryl/α,β-unsaturated/α-hetero) is 1. The number of fused-ring (bicyclic) bond motifs is 1. The van der Waals surface area contributed by atoms with Gasteiger partial charge in [0.1, 0.15) is 10.7 Å². The maximum Gasteiger partial charge on any atom is 0.214 e. The molecular weight excluding hydrogens is 410 g/mol. The van der Waals surface area contributed by atoms with Crippen molar-refractivity contribution in [2.75, 3.05) is 12.0 Å². The topological polar surface area (TPSA) is 63.7 Å². The molecule has 0 unspecified atom stereocenters. The van der Waals surface area contributed by atoms with Crippen molar-refractivity contribution < 1.29 is 17.9 Å². The number of benzene rings is 3. The van der Waals surface area contributed by atoms with E-state index >= 15 is 0 Å². The molecular formula is C22H16ClNO4S. The van der Waals surface area contributed by atoms with Crippen LogP contribution < -0.4 is 9.64 Å². The number of sulfone groups is 1. The zero-order valence-corrected chi connectivity index (χ0v) is 16.9. The zero-order chi connectivity index (χ0) is 20.6. The summed E-state index contributed by atoms with van der Waals surface area (Å²) in [5.74, 6) is 0.0859. The van der Waals surface area contributed by atoms with Gasteiger partial charge in [-0.2, -0.15) is 0 Å². The van der Waals surface area contributed by atoms with Crippen molar-refractivity contribution >= 4 is 38.6 Å². The lowest BCUT2D eigenvalue weighted by Gasteiger charge is -2.29. The van der Waals surface area contributed by atoms with Crippen LogP contribution in [0, 0.1) is 0 Å². The molecule has 1 aliphatic rings. The fourth-order valence-corrected chi connectivity index (χ4v) is 4.81. The summed E-state index contributed by atoms with van der Waals surface area (Å²) in [5, 5.41) is 0.465. The fourth-order valence-electron chi connectivity index (χ4n) is 3.14. The lowest BCUT2D eigenvalue weighted by molar-refractivity contribution is 0.104. The summed E-state index contributed by atoms with van der Waals surface area (Å²) in [6.45, 7) is 0. The first kappa shape index (κ1) is 19.2. The second-order valence-electron chi connectivity index (χ2n) is 6.37. The van der Waals surface area contributed by atoms with E-state index in [2.05, 4.69) is 0 Å². The molecule has 146 valence electrons. The highest BCUT2D eigenvalue weighted by atomic mass is 35.5. The standard InChI is InChI=1S/C22H16ClNO4S/c1-28-18-12-10-17(11-13-18)24-14-21(22(25)15-6-8-16(23)9-7-15)29(26,27)20-5-3-2-4-19(20)24/h2-14H,1H3. The van der Waals surface area contributed by atoms with Crippen molar-refractivity contribution in [3.63, 3.8) is 0 Å². The van der Waals surface area contributed by atoms with Gasteiger partial charge in [-0.3, -0.25) is 4.79 Å². The molecule has 3 aromatic rings. The first-order valence-corrected chi connectivity index (χ1v) is 10.6. The molecule has 0 spiro atoms. The maximum atomic E-state index is 13.2. The third-order valence-electron chi connectivity index (χ3n) is 4.63. The predicted molar refractivity (Wildman–Crippen MR) is 113 cm³/mol. The Morgan fingerprint density at radius 3 is 2.24 bits per heavy atom. The molecule has 0 radical (unpaired) electrons. The second kappa shape index (κ2) is 7.39. The number of carbonyl (C=O) groups is 1. The van der Waals surface area contributed by atoms with Crippen LogP contribution in [0.1, 0.15) is 10.4 Å². The third kappa shape index (κ3) is 3.41. The molecule has 0 aromatic heterocycles. The summed E-state index contributed by atoms with van der Waals surface area (Å²) >= 11 is 5.89. The molecule has 7 heteroatoms. The Balaban J connectivity index is 1.88. The number of ether oxygens (including phenoxy) is 1. The summed E-state index contributed by atoms with van der Waals surface area (Å²) in [4.78, 5) is 14.6. The monoisotopic (exact) mass is 425 g/mol. The Hall–Kier alpha value is -3.09. The molecule has 0 atom stereocenters. The minimum atomic E-state index is -3.98. The number of carbonyl (C=O) groups excluding carboxylic acids is 1. The predicted octanol–water partition coefficient (Wildman–Crippen LogP) is 5.00. The van der Waals surface area contributed by atoms with Crippen LogP contribution in [0.3, 0.4) is 0 Å². The zero-order valence-electron chi connectivity index (χ0n) is 15.4. The molecule has 1 heterocycles. The Kier molecular flexibility index (Phi) is 4.90. The second-order valence-corrected chi connectivity index (χ2v) is 8.69. The number of anilines is 2. The molecule has 0 aliphatic carbocycles. The molecule has 4 rings (SSSR count). The normalized spacial score (nSPS) is 14.7. The van der Waals surface area contributed by atoms with E-state index in [1.54, 1.807) is 66.6 Å².